The first-order valence-corrected chi connectivity index (χ1v) is 8.48. The Balaban J connectivity index is 1.80. The Morgan fingerprint density at radius 3 is 2.15 bits per heavy atom. The van der Waals surface area contributed by atoms with Gasteiger partial charge in [-0.2, -0.15) is 5.10 Å². The number of benzene rings is 3. The van der Waals surface area contributed by atoms with Crippen LogP contribution in [0.5, 0.6) is 5.75 Å². The van der Waals surface area contributed by atoms with Gasteiger partial charge in [0, 0.05) is 11.1 Å². The highest BCUT2D eigenvalue weighted by atomic mass is 16.3. The number of hydrazone groups is 1. The number of phenolic OH excluding ortho intramolecular Hbond substituents is 1. The minimum absolute atomic E-state index is 0.147. The SMILES string of the molecule is O=C(N/N=C(\CCc1ccccc1)c1ccccc1O)c1ccccc1. The summed E-state index contributed by atoms with van der Waals surface area (Å²) in [6.45, 7) is 0. The predicted octanol–water partition coefficient (Wildman–Crippen LogP) is 4.16. The Morgan fingerprint density at radius 1 is 0.846 bits per heavy atom. The Kier molecular flexibility index (Phi) is 5.78. The number of amides is 1. The highest BCUT2D eigenvalue weighted by molar-refractivity contribution is 6.04. The summed E-state index contributed by atoms with van der Waals surface area (Å²) in [7, 11) is 0. The van der Waals surface area contributed by atoms with E-state index in [0.29, 0.717) is 23.3 Å². The highest BCUT2D eigenvalue weighted by Gasteiger charge is 2.11. The first-order valence-electron chi connectivity index (χ1n) is 8.48. The number of para-hydroxylation sites is 1. The zero-order valence-electron chi connectivity index (χ0n) is 14.3. The molecule has 0 bridgehead atoms. The quantitative estimate of drug-likeness (QED) is 0.521. The van der Waals surface area contributed by atoms with Crippen molar-refractivity contribution in [3.8, 4) is 5.75 Å². The van der Waals surface area contributed by atoms with E-state index in [1.54, 1.807) is 42.5 Å². The summed E-state index contributed by atoms with van der Waals surface area (Å²) in [5, 5.41) is 14.5. The van der Waals surface area contributed by atoms with Gasteiger partial charge in [0.05, 0.1) is 5.71 Å². The minimum Gasteiger partial charge on any atom is -0.507 e. The molecule has 3 aromatic carbocycles. The molecule has 4 heteroatoms. The van der Waals surface area contributed by atoms with Gasteiger partial charge < -0.3 is 5.11 Å². The maximum absolute atomic E-state index is 12.3. The molecule has 0 heterocycles. The molecule has 130 valence electrons. The van der Waals surface area contributed by atoms with Crippen LogP contribution in [0.3, 0.4) is 0 Å². The topological polar surface area (TPSA) is 61.7 Å². The van der Waals surface area contributed by atoms with Crippen LogP contribution in [0.2, 0.25) is 0 Å². The van der Waals surface area contributed by atoms with Crippen molar-refractivity contribution >= 4 is 11.6 Å². The van der Waals surface area contributed by atoms with Crippen molar-refractivity contribution in [3.05, 3.63) is 102 Å². The predicted molar refractivity (Wildman–Crippen MR) is 103 cm³/mol. The first kappa shape index (κ1) is 17.4. The average Bonchev–Trinajstić information content (AvgIpc) is 2.70. The molecule has 0 unspecified atom stereocenters. The molecule has 0 saturated carbocycles. The van der Waals surface area contributed by atoms with Gasteiger partial charge in [-0.15, -0.1) is 0 Å². The summed E-state index contributed by atoms with van der Waals surface area (Å²) in [5.41, 5.74) is 5.57. The fourth-order valence-corrected chi connectivity index (χ4v) is 2.65. The van der Waals surface area contributed by atoms with Crippen LogP contribution in [-0.2, 0) is 6.42 Å². The van der Waals surface area contributed by atoms with Crippen molar-refractivity contribution in [2.75, 3.05) is 0 Å². The van der Waals surface area contributed by atoms with Crippen LogP contribution in [0.25, 0.3) is 0 Å². The van der Waals surface area contributed by atoms with Gasteiger partial charge >= 0.3 is 0 Å². The smallest absolute Gasteiger partial charge is 0.271 e. The first-order chi connectivity index (χ1) is 12.7. The van der Waals surface area contributed by atoms with Crippen LogP contribution < -0.4 is 5.43 Å². The monoisotopic (exact) mass is 344 g/mol. The highest BCUT2D eigenvalue weighted by Crippen LogP contribution is 2.19. The molecule has 0 aliphatic carbocycles. The fraction of sp³-hybridized carbons (Fsp3) is 0.0909. The third kappa shape index (κ3) is 4.57. The van der Waals surface area contributed by atoms with E-state index in [2.05, 4.69) is 10.5 Å². The second-order valence-corrected chi connectivity index (χ2v) is 5.87. The molecule has 2 N–H and O–H groups in total. The number of hydrogen-bond acceptors (Lipinski definition) is 3. The molecule has 1 amide bonds. The maximum Gasteiger partial charge on any atom is 0.271 e. The number of carbonyl (C=O) groups is 1. The molecular weight excluding hydrogens is 324 g/mol. The summed E-state index contributed by atoms with van der Waals surface area (Å²) in [6.07, 6.45) is 1.35. The zero-order chi connectivity index (χ0) is 18.2. The van der Waals surface area contributed by atoms with Crippen molar-refractivity contribution < 1.29 is 9.90 Å². The summed E-state index contributed by atoms with van der Waals surface area (Å²) in [5.74, 6) is -0.133. The molecular formula is C22H20N2O2. The number of aryl methyl sites for hydroxylation is 1. The van der Waals surface area contributed by atoms with Crippen LogP contribution in [0.15, 0.2) is 90.0 Å². The van der Waals surface area contributed by atoms with E-state index < -0.39 is 0 Å². The van der Waals surface area contributed by atoms with Crippen molar-refractivity contribution in [1.29, 1.82) is 0 Å². The van der Waals surface area contributed by atoms with Crippen molar-refractivity contribution in [1.82, 2.24) is 5.43 Å². The number of nitrogens with one attached hydrogen (secondary N) is 1. The van der Waals surface area contributed by atoms with Gasteiger partial charge in [-0.1, -0.05) is 60.7 Å². The molecule has 0 aliphatic rings. The summed E-state index contributed by atoms with van der Waals surface area (Å²) < 4.78 is 0. The standard InChI is InChI=1S/C22H20N2O2/c25-21-14-8-7-13-19(21)20(16-15-17-9-3-1-4-10-17)23-24-22(26)18-11-5-2-6-12-18/h1-14,25H,15-16H2,(H,24,26)/b23-20+. The molecule has 0 spiro atoms. The molecule has 0 saturated heterocycles. The molecule has 0 aliphatic heterocycles. The number of rotatable bonds is 6. The molecule has 0 atom stereocenters. The molecule has 26 heavy (non-hydrogen) atoms. The summed E-state index contributed by atoms with van der Waals surface area (Å²) in [4.78, 5) is 12.3. The molecule has 3 aromatic rings. The van der Waals surface area contributed by atoms with Crippen LogP contribution >= 0.6 is 0 Å². The summed E-state index contributed by atoms with van der Waals surface area (Å²) >= 11 is 0. The van der Waals surface area contributed by atoms with Gasteiger partial charge in [0.2, 0.25) is 0 Å². The lowest BCUT2D eigenvalue weighted by Gasteiger charge is -2.10. The van der Waals surface area contributed by atoms with Gasteiger partial charge in [0.25, 0.3) is 5.91 Å². The molecule has 0 radical (unpaired) electrons. The van der Waals surface area contributed by atoms with Crippen LogP contribution in [0.1, 0.15) is 27.9 Å². The van der Waals surface area contributed by atoms with E-state index in [-0.39, 0.29) is 11.7 Å². The van der Waals surface area contributed by atoms with Gasteiger partial charge in [0.1, 0.15) is 5.75 Å². The molecule has 3 rings (SSSR count). The lowest BCUT2D eigenvalue weighted by Crippen LogP contribution is -2.20. The molecule has 4 nitrogen and oxygen atoms in total. The Morgan fingerprint density at radius 2 is 1.46 bits per heavy atom. The van der Waals surface area contributed by atoms with Crippen LogP contribution in [-0.4, -0.2) is 16.7 Å². The number of hydrogen-bond donors (Lipinski definition) is 2. The zero-order valence-corrected chi connectivity index (χ0v) is 14.3. The number of phenols is 1. The second-order valence-electron chi connectivity index (χ2n) is 5.87. The van der Waals surface area contributed by atoms with E-state index >= 15 is 0 Å². The van der Waals surface area contributed by atoms with Crippen LogP contribution in [0.4, 0.5) is 0 Å². The van der Waals surface area contributed by atoms with Crippen molar-refractivity contribution in [2.24, 2.45) is 5.10 Å². The third-order valence-electron chi connectivity index (χ3n) is 4.04. The van der Waals surface area contributed by atoms with Crippen molar-refractivity contribution in [2.45, 2.75) is 12.8 Å². The van der Waals surface area contributed by atoms with E-state index in [9.17, 15) is 9.90 Å². The third-order valence-corrected chi connectivity index (χ3v) is 4.04. The van der Waals surface area contributed by atoms with E-state index in [1.807, 2.05) is 42.5 Å². The Labute approximate surface area is 152 Å². The van der Waals surface area contributed by atoms with Gasteiger partial charge in [-0.3, -0.25) is 4.79 Å². The number of nitrogens with zero attached hydrogens (tertiary/aromatic N) is 1. The summed E-state index contributed by atoms with van der Waals surface area (Å²) in [6, 6.07) is 26.0. The number of aromatic hydroxyl groups is 1. The van der Waals surface area contributed by atoms with Gasteiger partial charge in [-0.25, -0.2) is 5.43 Å². The second kappa shape index (κ2) is 8.62. The van der Waals surface area contributed by atoms with Gasteiger partial charge in [0.15, 0.2) is 0 Å². The Bertz CT molecular complexity index is 890. The minimum atomic E-state index is -0.279. The largest absolute Gasteiger partial charge is 0.507 e. The van der Waals surface area contributed by atoms with E-state index in [1.165, 1.54) is 5.56 Å². The van der Waals surface area contributed by atoms with Gasteiger partial charge in [-0.05, 0) is 42.7 Å². The normalized spacial score (nSPS) is 11.2. The van der Waals surface area contributed by atoms with E-state index in [0.717, 1.165) is 6.42 Å². The van der Waals surface area contributed by atoms with E-state index in [4.69, 9.17) is 0 Å². The Hall–Kier alpha value is -3.40. The van der Waals surface area contributed by atoms with Crippen LogP contribution in [0, 0.1) is 0 Å². The lowest BCUT2D eigenvalue weighted by atomic mass is 10.0. The van der Waals surface area contributed by atoms with Crippen molar-refractivity contribution in [3.63, 3.8) is 0 Å². The lowest BCUT2D eigenvalue weighted by molar-refractivity contribution is 0.0954. The molecule has 0 fully saturated rings. The maximum atomic E-state index is 12.3. The molecule has 0 aromatic heterocycles. The average molecular weight is 344 g/mol. The number of carbonyl (C=O) groups excluding carboxylic acids is 1. The fourth-order valence-electron chi connectivity index (χ4n) is 2.65.